The summed E-state index contributed by atoms with van der Waals surface area (Å²) in [6.45, 7) is 0. The summed E-state index contributed by atoms with van der Waals surface area (Å²) >= 11 is 0. The second-order valence-corrected chi connectivity index (χ2v) is 2.75. The number of fused-ring (bicyclic) bond motifs is 2. The number of hydrogen-bond acceptors (Lipinski definition) is 1. The molecule has 0 radical (unpaired) electrons. The quantitative estimate of drug-likeness (QED) is 0.479. The second kappa shape index (κ2) is 1.48. The largest absolute Gasteiger partial charge is 0.370 e. The molecule has 0 saturated heterocycles. The van der Waals surface area contributed by atoms with E-state index in [1.807, 2.05) is 0 Å². The number of hydrogen-bond donors (Lipinski definition) is 0. The van der Waals surface area contributed by atoms with Crippen molar-refractivity contribution >= 4 is 0 Å². The van der Waals surface area contributed by atoms with Gasteiger partial charge in [0.2, 0.25) is 0 Å². The van der Waals surface area contributed by atoms with Gasteiger partial charge >= 0.3 is 0 Å². The normalized spacial score (nSPS) is 44.8. The van der Waals surface area contributed by atoms with Crippen LogP contribution in [0.5, 0.6) is 0 Å². The number of rotatable bonds is 1. The van der Waals surface area contributed by atoms with Gasteiger partial charge in [0.25, 0.3) is 0 Å². The van der Waals surface area contributed by atoms with Crippen molar-refractivity contribution in [3.63, 3.8) is 0 Å². The molecule has 0 spiro atoms. The summed E-state index contributed by atoms with van der Waals surface area (Å²) in [5.41, 5.74) is -0.00926. The maximum absolute atomic E-state index is 5.32. The number of methoxy groups -OCH3 is 1. The predicted octanol–water partition coefficient (Wildman–Crippen LogP) is 1.52. The molecule has 48 valence electrons. The molecule has 0 N–H and O–H groups in total. The maximum atomic E-state index is 5.32. The van der Waals surface area contributed by atoms with Crippen LogP contribution >= 0.6 is 0 Å². The first-order valence-corrected chi connectivity index (χ1v) is 3.28. The van der Waals surface area contributed by atoms with E-state index in [0.717, 1.165) is 6.42 Å². The Morgan fingerprint density at radius 3 is 2.33 bits per heavy atom. The highest BCUT2D eigenvalue weighted by Crippen LogP contribution is 2.38. The van der Waals surface area contributed by atoms with Gasteiger partial charge in [0.15, 0.2) is 0 Å². The molecule has 0 amide bonds. The van der Waals surface area contributed by atoms with Crippen molar-refractivity contribution < 1.29 is 4.74 Å². The molecule has 2 aliphatic carbocycles. The Balaban J connectivity index is 2.32. The van der Waals surface area contributed by atoms with Crippen molar-refractivity contribution in [2.75, 3.05) is 7.11 Å². The molecular weight excluding hydrogens is 112 g/mol. The van der Waals surface area contributed by atoms with Gasteiger partial charge in [-0.15, -0.1) is 0 Å². The Morgan fingerprint density at radius 2 is 2.11 bits per heavy atom. The van der Waals surface area contributed by atoms with Crippen LogP contribution in [-0.4, -0.2) is 12.7 Å². The molecule has 1 nitrogen and oxygen atoms in total. The Hall–Kier alpha value is -0.560. The van der Waals surface area contributed by atoms with Gasteiger partial charge < -0.3 is 4.74 Å². The Labute approximate surface area is 55.0 Å². The van der Waals surface area contributed by atoms with Crippen LogP contribution in [0.15, 0.2) is 24.3 Å². The zero-order valence-electron chi connectivity index (χ0n) is 5.50. The Morgan fingerprint density at radius 1 is 1.44 bits per heavy atom. The SMILES string of the molecule is COC12C=CC(C=C1)C2. The van der Waals surface area contributed by atoms with Gasteiger partial charge in [-0.25, -0.2) is 0 Å². The molecule has 9 heavy (non-hydrogen) atoms. The predicted molar refractivity (Wildman–Crippen MR) is 36.1 cm³/mol. The van der Waals surface area contributed by atoms with Crippen LogP contribution in [0.2, 0.25) is 0 Å². The van der Waals surface area contributed by atoms with E-state index in [0.29, 0.717) is 5.92 Å². The van der Waals surface area contributed by atoms with Crippen molar-refractivity contribution in [2.24, 2.45) is 5.92 Å². The van der Waals surface area contributed by atoms with E-state index < -0.39 is 0 Å². The van der Waals surface area contributed by atoms with Crippen LogP contribution < -0.4 is 0 Å². The van der Waals surface area contributed by atoms with Gasteiger partial charge in [-0.05, 0) is 12.3 Å². The highest BCUT2D eigenvalue weighted by molar-refractivity contribution is 5.31. The maximum Gasteiger partial charge on any atom is 0.105 e. The fourth-order valence-corrected chi connectivity index (χ4v) is 1.55. The van der Waals surface area contributed by atoms with Gasteiger partial charge in [0, 0.05) is 7.11 Å². The van der Waals surface area contributed by atoms with E-state index in [2.05, 4.69) is 24.3 Å². The van der Waals surface area contributed by atoms with E-state index in [4.69, 9.17) is 4.74 Å². The van der Waals surface area contributed by atoms with Crippen LogP contribution in [-0.2, 0) is 4.74 Å². The van der Waals surface area contributed by atoms with Gasteiger partial charge in [-0.2, -0.15) is 0 Å². The van der Waals surface area contributed by atoms with Crippen LogP contribution in [0, 0.1) is 5.92 Å². The van der Waals surface area contributed by atoms with Crippen LogP contribution in [0.1, 0.15) is 6.42 Å². The van der Waals surface area contributed by atoms with Gasteiger partial charge in [-0.3, -0.25) is 0 Å². The molecule has 0 aliphatic heterocycles. The highest BCUT2D eigenvalue weighted by atomic mass is 16.5. The lowest BCUT2D eigenvalue weighted by molar-refractivity contribution is 0.0769. The molecule has 1 heteroatoms. The first-order valence-electron chi connectivity index (χ1n) is 3.28. The van der Waals surface area contributed by atoms with Crippen LogP contribution in [0.4, 0.5) is 0 Å². The van der Waals surface area contributed by atoms with Gasteiger partial charge in [-0.1, -0.05) is 24.3 Å². The molecule has 0 atom stereocenters. The van der Waals surface area contributed by atoms with E-state index in [1.165, 1.54) is 0 Å². The molecule has 0 unspecified atom stereocenters. The van der Waals surface area contributed by atoms with E-state index >= 15 is 0 Å². The minimum absolute atomic E-state index is 0.00926. The summed E-state index contributed by atoms with van der Waals surface area (Å²) in [4.78, 5) is 0. The minimum atomic E-state index is -0.00926. The monoisotopic (exact) mass is 122 g/mol. The average molecular weight is 122 g/mol. The third kappa shape index (κ3) is 0.583. The third-order valence-electron chi connectivity index (χ3n) is 2.19. The van der Waals surface area contributed by atoms with E-state index in [-0.39, 0.29) is 5.60 Å². The molecule has 0 saturated carbocycles. The zero-order chi connectivity index (χ0) is 6.32. The van der Waals surface area contributed by atoms with E-state index in [1.54, 1.807) is 7.11 Å². The van der Waals surface area contributed by atoms with Crippen molar-refractivity contribution in [3.05, 3.63) is 24.3 Å². The summed E-state index contributed by atoms with van der Waals surface area (Å²) in [5, 5.41) is 0. The Bertz CT molecular complexity index is 165. The molecule has 0 aromatic rings. The standard InChI is InChI=1S/C8H10O/c1-9-8-4-2-7(6-8)3-5-8/h2-5,7H,6H2,1H3. The lowest BCUT2D eigenvalue weighted by Crippen LogP contribution is -2.20. The Kier molecular flexibility index (Phi) is 0.862. The smallest absolute Gasteiger partial charge is 0.105 e. The molecule has 2 rings (SSSR count). The summed E-state index contributed by atoms with van der Waals surface area (Å²) in [7, 11) is 1.77. The lowest BCUT2D eigenvalue weighted by Gasteiger charge is -2.17. The average Bonchev–Trinajstić information content (AvgIpc) is 2.46. The first-order chi connectivity index (χ1) is 4.35. The zero-order valence-corrected chi connectivity index (χ0v) is 5.50. The molecular formula is C8H10O. The van der Waals surface area contributed by atoms with Crippen molar-refractivity contribution in [3.8, 4) is 0 Å². The molecule has 0 aromatic carbocycles. The topological polar surface area (TPSA) is 9.23 Å². The highest BCUT2D eigenvalue weighted by Gasteiger charge is 2.35. The van der Waals surface area contributed by atoms with Crippen LogP contribution in [0.3, 0.4) is 0 Å². The minimum Gasteiger partial charge on any atom is -0.370 e. The summed E-state index contributed by atoms with van der Waals surface area (Å²) < 4.78 is 5.32. The van der Waals surface area contributed by atoms with Crippen LogP contribution in [0.25, 0.3) is 0 Å². The fraction of sp³-hybridized carbons (Fsp3) is 0.500. The molecule has 0 heterocycles. The van der Waals surface area contributed by atoms with Gasteiger partial charge in [0.1, 0.15) is 5.60 Å². The first kappa shape index (κ1) is 5.24. The van der Waals surface area contributed by atoms with E-state index in [9.17, 15) is 0 Å². The molecule has 2 aliphatic rings. The fourth-order valence-electron chi connectivity index (χ4n) is 1.55. The molecule has 0 fully saturated rings. The molecule has 2 bridgehead atoms. The lowest BCUT2D eigenvalue weighted by atomic mass is 10.1. The summed E-state index contributed by atoms with van der Waals surface area (Å²) in [6.07, 6.45) is 9.85. The van der Waals surface area contributed by atoms with Crippen molar-refractivity contribution in [1.29, 1.82) is 0 Å². The van der Waals surface area contributed by atoms with Gasteiger partial charge in [0.05, 0.1) is 0 Å². The van der Waals surface area contributed by atoms with Crippen molar-refractivity contribution in [1.82, 2.24) is 0 Å². The third-order valence-corrected chi connectivity index (χ3v) is 2.19. The summed E-state index contributed by atoms with van der Waals surface area (Å²) in [6, 6.07) is 0. The number of ether oxygens (including phenoxy) is 1. The van der Waals surface area contributed by atoms with Crippen molar-refractivity contribution in [2.45, 2.75) is 12.0 Å². The molecule has 0 aromatic heterocycles. The summed E-state index contributed by atoms with van der Waals surface area (Å²) in [5.74, 6) is 0.657. The number of allylic oxidation sites excluding steroid dienone is 2. The second-order valence-electron chi connectivity index (χ2n) is 2.75.